The van der Waals surface area contributed by atoms with E-state index in [1.54, 1.807) is 0 Å². The zero-order chi connectivity index (χ0) is 13.8. The lowest BCUT2D eigenvalue weighted by Gasteiger charge is -2.07. The van der Waals surface area contributed by atoms with Gasteiger partial charge < -0.3 is 9.88 Å². The number of para-hydroxylation sites is 2. The normalized spacial score (nSPS) is 20.7. The summed E-state index contributed by atoms with van der Waals surface area (Å²) in [5, 5.41) is 3.53. The molecule has 0 amide bonds. The second-order valence-electron chi connectivity index (χ2n) is 6.86. The lowest BCUT2D eigenvalue weighted by molar-refractivity contribution is 0.457. The Labute approximate surface area is 115 Å². The Bertz CT molecular complexity index is 608. The third-order valence-corrected chi connectivity index (χ3v) is 5.57. The zero-order valence-electron chi connectivity index (χ0n) is 12.5. The average molecular weight is 257 g/mol. The van der Waals surface area contributed by atoms with E-state index in [0.717, 1.165) is 18.0 Å². The van der Waals surface area contributed by atoms with Crippen molar-refractivity contribution in [2.45, 2.75) is 27.7 Å². The minimum atomic E-state index is 0.421. The molecule has 0 radical (unpaired) electrons. The first-order chi connectivity index (χ1) is 8.85. The van der Waals surface area contributed by atoms with Crippen molar-refractivity contribution in [1.29, 1.82) is 0 Å². The molecule has 1 aliphatic rings. The maximum Gasteiger partial charge on any atom is 0.203 e. The molecule has 0 unspecified atom stereocenters. The van der Waals surface area contributed by atoms with Crippen LogP contribution in [0.15, 0.2) is 24.3 Å². The Morgan fingerprint density at radius 2 is 1.79 bits per heavy atom. The van der Waals surface area contributed by atoms with Gasteiger partial charge in [-0.2, -0.15) is 0 Å². The number of hydrogen-bond donors (Lipinski definition) is 1. The van der Waals surface area contributed by atoms with Crippen LogP contribution >= 0.6 is 0 Å². The number of nitrogens with zero attached hydrogens (tertiary/aromatic N) is 2. The molecule has 1 heterocycles. The van der Waals surface area contributed by atoms with E-state index in [2.05, 4.69) is 67.8 Å². The van der Waals surface area contributed by atoms with Gasteiger partial charge in [-0.15, -0.1) is 0 Å². The van der Waals surface area contributed by atoms with E-state index in [1.807, 2.05) is 6.07 Å². The minimum Gasteiger partial charge on any atom is -0.355 e. The van der Waals surface area contributed by atoms with Crippen LogP contribution < -0.4 is 5.32 Å². The van der Waals surface area contributed by atoms with Crippen LogP contribution in [0.25, 0.3) is 11.0 Å². The number of aryl methyl sites for hydroxylation is 1. The van der Waals surface area contributed by atoms with Crippen LogP contribution in [0.4, 0.5) is 5.95 Å². The molecular weight excluding hydrogens is 234 g/mol. The van der Waals surface area contributed by atoms with Crippen LogP contribution in [0, 0.1) is 16.7 Å². The molecule has 0 saturated heterocycles. The van der Waals surface area contributed by atoms with E-state index >= 15 is 0 Å². The highest BCUT2D eigenvalue weighted by atomic mass is 15.2. The second kappa shape index (κ2) is 3.75. The Morgan fingerprint density at radius 3 is 2.37 bits per heavy atom. The minimum absolute atomic E-state index is 0.421. The van der Waals surface area contributed by atoms with E-state index in [4.69, 9.17) is 0 Å². The van der Waals surface area contributed by atoms with E-state index in [0.29, 0.717) is 16.7 Å². The summed E-state index contributed by atoms with van der Waals surface area (Å²) in [6.45, 7) is 10.4. The van der Waals surface area contributed by atoms with E-state index in [1.165, 1.54) is 5.52 Å². The van der Waals surface area contributed by atoms with Gasteiger partial charge in [0.25, 0.3) is 0 Å². The van der Waals surface area contributed by atoms with Crippen molar-refractivity contribution in [3.8, 4) is 0 Å². The Hall–Kier alpha value is -1.51. The Morgan fingerprint density at radius 1 is 1.16 bits per heavy atom. The van der Waals surface area contributed by atoms with Crippen molar-refractivity contribution < 1.29 is 0 Å². The quantitative estimate of drug-likeness (QED) is 0.909. The van der Waals surface area contributed by atoms with Gasteiger partial charge in [0, 0.05) is 13.6 Å². The maximum absolute atomic E-state index is 4.66. The molecule has 3 nitrogen and oxygen atoms in total. The molecule has 0 bridgehead atoms. The fraction of sp³-hybridized carbons (Fsp3) is 0.562. The van der Waals surface area contributed by atoms with Crippen molar-refractivity contribution in [2.75, 3.05) is 11.9 Å². The summed E-state index contributed by atoms with van der Waals surface area (Å²) >= 11 is 0. The van der Waals surface area contributed by atoms with Crippen molar-refractivity contribution in [1.82, 2.24) is 9.55 Å². The number of rotatable bonds is 3. The van der Waals surface area contributed by atoms with Crippen LogP contribution in [0.5, 0.6) is 0 Å². The monoisotopic (exact) mass is 257 g/mol. The first kappa shape index (κ1) is 12.5. The molecule has 0 aliphatic heterocycles. The molecule has 1 N–H and O–H groups in total. The lowest BCUT2D eigenvalue weighted by atomic mass is 10.0. The first-order valence-corrected chi connectivity index (χ1v) is 7.01. The summed E-state index contributed by atoms with van der Waals surface area (Å²) in [5.41, 5.74) is 3.08. The summed E-state index contributed by atoms with van der Waals surface area (Å²) in [4.78, 5) is 4.66. The fourth-order valence-corrected chi connectivity index (χ4v) is 3.34. The van der Waals surface area contributed by atoms with E-state index in [9.17, 15) is 0 Å². The largest absolute Gasteiger partial charge is 0.355 e. The average Bonchev–Trinajstić information content (AvgIpc) is 2.64. The van der Waals surface area contributed by atoms with Crippen LogP contribution in [-0.4, -0.2) is 16.1 Å². The molecule has 0 atom stereocenters. The topological polar surface area (TPSA) is 29.9 Å². The number of aromatic nitrogens is 2. The number of fused-ring (bicyclic) bond motifs is 1. The standard InChI is InChI=1S/C16H23N3/c1-15(2)13(16(15,3)4)10-17-14-18-11-8-6-7-9-12(11)19(14)5/h6-9,13H,10H2,1-5H3,(H,17,18). The molecular formula is C16H23N3. The number of nitrogens with one attached hydrogen (secondary N) is 1. The molecule has 0 spiro atoms. The number of benzene rings is 1. The van der Waals surface area contributed by atoms with Gasteiger partial charge in [-0.25, -0.2) is 4.98 Å². The summed E-state index contributed by atoms with van der Waals surface area (Å²) in [5.74, 6) is 1.68. The third-order valence-electron chi connectivity index (χ3n) is 5.57. The molecule has 3 heteroatoms. The highest BCUT2D eigenvalue weighted by Gasteiger charge is 2.64. The molecule has 19 heavy (non-hydrogen) atoms. The summed E-state index contributed by atoms with van der Waals surface area (Å²) < 4.78 is 2.14. The fourth-order valence-electron chi connectivity index (χ4n) is 3.34. The third kappa shape index (κ3) is 1.67. The van der Waals surface area contributed by atoms with Crippen LogP contribution in [0.2, 0.25) is 0 Å². The Kier molecular flexibility index (Phi) is 2.47. The first-order valence-electron chi connectivity index (χ1n) is 7.01. The SMILES string of the molecule is Cn1c(NCC2C(C)(C)C2(C)C)nc2ccccc21. The van der Waals surface area contributed by atoms with Gasteiger partial charge in [0.05, 0.1) is 11.0 Å². The second-order valence-corrected chi connectivity index (χ2v) is 6.86. The smallest absolute Gasteiger partial charge is 0.203 e. The lowest BCUT2D eigenvalue weighted by Crippen LogP contribution is -2.11. The van der Waals surface area contributed by atoms with Gasteiger partial charge in [0.2, 0.25) is 5.95 Å². The predicted octanol–water partition coefficient (Wildman–Crippen LogP) is 3.67. The van der Waals surface area contributed by atoms with Gasteiger partial charge in [0.15, 0.2) is 0 Å². The summed E-state index contributed by atoms with van der Waals surface area (Å²) in [6.07, 6.45) is 0. The van der Waals surface area contributed by atoms with Gasteiger partial charge in [-0.3, -0.25) is 0 Å². The molecule has 1 aromatic carbocycles. The molecule has 1 saturated carbocycles. The highest BCUT2D eigenvalue weighted by molar-refractivity contribution is 5.78. The summed E-state index contributed by atoms with van der Waals surface area (Å²) in [7, 11) is 2.07. The van der Waals surface area contributed by atoms with Crippen molar-refractivity contribution in [3.63, 3.8) is 0 Å². The van der Waals surface area contributed by atoms with Crippen LogP contribution in [0.1, 0.15) is 27.7 Å². The highest BCUT2D eigenvalue weighted by Crippen LogP contribution is 2.68. The van der Waals surface area contributed by atoms with Gasteiger partial charge in [-0.05, 0) is 28.9 Å². The van der Waals surface area contributed by atoms with E-state index < -0.39 is 0 Å². The zero-order valence-corrected chi connectivity index (χ0v) is 12.5. The van der Waals surface area contributed by atoms with Gasteiger partial charge in [0.1, 0.15) is 0 Å². The molecule has 1 fully saturated rings. The van der Waals surface area contributed by atoms with Crippen molar-refractivity contribution in [3.05, 3.63) is 24.3 Å². The van der Waals surface area contributed by atoms with Crippen molar-refractivity contribution >= 4 is 17.0 Å². The van der Waals surface area contributed by atoms with Gasteiger partial charge in [-0.1, -0.05) is 39.8 Å². The molecule has 1 aliphatic carbocycles. The maximum atomic E-state index is 4.66. The molecule has 3 rings (SSSR count). The molecule has 102 valence electrons. The predicted molar refractivity (Wildman–Crippen MR) is 80.3 cm³/mol. The van der Waals surface area contributed by atoms with E-state index in [-0.39, 0.29) is 0 Å². The molecule has 2 aromatic rings. The molecule has 1 aromatic heterocycles. The Balaban J connectivity index is 1.79. The summed E-state index contributed by atoms with van der Waals surface area (Å²) in [6, 6.07) is 8.26. The number of hydrogen-bond acceptors (Lipinski definition) is 2. The van der Waals surface area contributed by atoms with Crippen LogP contribution in [-0.2, 0) is 7.05 Å². The number of imidazole rings is 1. The number of anilines is 1. The van der Waals surface area contributed by atoms with Gasteiger partial charge >= 0.3 is 0 Å². The van der Waals surface area contributed by atoms with Crippen LogP contribution in [0.3, 0.4) is 0 Å². The van der Waals surface area contributed by atoms with Crippen molar-refractivity contribution in [2.24, 2.45) is 23.8 Å².